The number of rotatable bonds is 12. The van der Waals surface area contributed by atoms with E-state index in [1.807, 2.05) is 48.5 Å². The Kier molecular flexibility index (Phi) is 11.6. The van der Waals surface area contributed by atoms with Crippen LogP contribution in [0.5, 0.6) is 46.5 Å². The van der Waals surface area contributed by atoms with Crippen LogP contribution in [0.3, 0.4) is 0 Å². The zero-order valence-electron chi connectivity index (χ0n) is 37.6. The fraction of sp³-hybridized carbons (Fsp3) is 0.333. The third-order valence-corrected chi connectivity index (χ3v) is 13.0. The minimum absolute atomic E-state index is 0.162. The second-order valence-electron chi connectivity index (χ2n) is 19.7. The summed E-state index contributed by atoms with van der Waals surface area (Å²) in [7, 11) is 0. The highest BCUT2D eigenvalue weighted by molar-refractivity contribution is 5.47. The molecule has 64 heavy (non-hydrogen) atoms. The van der Waals surface area contributed by atoms with E-state index >= 15 is 0 Å². The first kappa shape index (κ1) is 42.6. The van der Waals surface area contributed by atoms with Crippen LogP contribution < -0.4 is 18.9 Å². The van der Waals surface area contributed by atoms with Crippen LogP contribution in [0.1, 0.15) is 102 Å². The molecule has 3 aromatic heterocycles. The molecule has 0 radical (unpaired) electrons. The van der Waals surface area contributed by atoms with Gasteiger partial charge in [-0.1, -0.05) is 90.1 Å². The van der Waals surface area contributed by atoms with Gasteiger partial charge in [-0.2, -0.15) is 0 Å². The van der Waals surface area contributed by atoms with E-state index in [9.17, 15) is 0 Å². The average molecular weight is 853 g/mol. The molecule has 0 N–H and O–H groups in total. The number of aromatic nitrogens is 6. The fourth-order valence-corrected chi connectivity index (χ4v) is 11.3. The van der Waals surface area contributed by atoms with Gasteiger partial charge in [0.05, 0.1) is 6.07 Å². The lowest BCUT2D eigenvalue weighted by Gasteiger charge is -2.48. The number of ether oxygens (including phenoxy) is 4. The predicted octanol–water partition coefficient (Wildman–Crippen LogP) is 13.5. The molecule has 7 aromatic rings. The van der Waals surface area contributed by atoms with Gasteiger partial charge >= 0.3 is 0 Å². The molecular formula is C54H56N6O4. The summed E-state index contributed by atoms with van der Waals surface area (Å²) in [5.74, 6) is 5.80. The minimum atomic E-state index is -0.179. The molecule has 4 atom stereocenters. The Labute approximate surface area is 376 Å². The van der Waals surface area contributed by atoms with Gasteiger partial charge in [-0.05, 0) is 132 Å². The summed E-state index contributed by atoms with van der Waals surface area (Å²) in [6.45, 7) is 14.3. The van der Waals surface area contributed by atoms with Gasteiger partial charge in [0.25, 0.3) is 0 Å². The molecule has 0 bridgehead atoms. The third-order valence-electron chi connectivity index (χ3n) is 13.0. The van der Waals surface area contributed by atoms with Gasteiger partial charge in [-0.15, -0.1) is 0 Å². The quantitative estimate of drug-likeness (QED) is 0.118. The molecule has 4 aromatic carbocycles. The normalized spacial score (nSPS) is 22.5. The van der Waals surface area contributed by atoms with Crippen LogP contribution in [0.15, 0.2) is 147 Å². The number of hydrogen-bond donors (Lipinski definition) is 0. The summed E-state index contributed by atoms with van der Waals surface area (Å²) in [6.07, 6.45) is 14.3. The van der Waals surface area contributed by atoms with Gasteiger partial charge in [-0.25, -0.2) is 29.9 Å². The first-order valence-electron chi connectivity index (χ1n) is 22.3. The van der Waals surface area contributed by atoms with Gasteiger partial charge < -0.3 is 18.9 Å². The molecule has 0 amide bonds. The van der Waals surface area contributed by atoms with Gasteiger partial charge in [-0.3, -0.25) is 0 Å². The largest absolute Gasteiger partial charge is 0.439 e. The summed E-state index contributed by atoms with van der Waals surface area (Å²) in [5.41, 5.74) is 5.03. The molecule has 2 aliphatic rings. The van der Waals surface area contributed by atoms with Crippen LogP contribution >= 0.6 is 0 Å². The monoisotopic (exact) mass is 852 g/mol. The summed E-state index contributed by atoms with van der Waals surface area (Å²) >= 11 is 0. The molecule has 0 spiro atoms. The van der Waals surface area contributed by atoms with E-state index in [1.165, 1.54) is 54.1 Å². The zero-order chi connectivity index (χ0) is 44.4. The van der Waals surface area contributed by atoms with Crippen LogP contribution in [0.25, 0.3) is 0 Å². The van der Waals surface area contributed by atoms with Crippen molar-refractivity contribution >= 4 is 0 Å². The van der Waals surface area contributed by atoms with Crippen molar-refractivity contribution < 1.29 is 18.9 Å². The Morgan fingerprint density at radius 1 is 0.391 bits per heavy atom. The standard InChI is InChI=1S/C54H56N6O4/c1-37-28-51(3,4)32-53(30-37,39-7-15-43(16-8-39)61-47-23-25-55-34-57-47)41-11-19-45(20-12-41)63-49-27-50(60-36-59-49)64-46-21-13-42(14-22-46)54(31-38(2)29-52(5,6)33-54)40-9-17-44(18-10-40)62-48-24-26-56-35-58-48/h7-27,34-38H,28-33H2,1-6H3. The maximum Gasteiger partial charge on any atom is 0.226 e. The molecule has 326 valence electrons. The summed E-state index contributed by atoms with van der Waals surface area (Å²) in [5, 5.41) is 0. The Morgan fingerprint density at radius 2 is 0.703 bits per heavy atom. The summed E-state index contributed by atoms with van der Waals surface area (Å²) < 4.78 is 24.7. The van der Waals surface area contributed by atoms with Crippen molar-refractivity contribution in [1.82, 2.24) is 29.9 Å². The molecule has 3 heterocycles. The van der Waals surface area contributed by atoms with E-state index in [0.717, 1.165) is 37.2 Å². The maximum absolute atomic E-state index is 6.33. The van der Waals surface area contributed by atoms with Crippen molar-refractivity contribution in [3.05, 3.63) is 169 Å². The average Bonchev–Trinajstić information content (AvgIpc) is 3.27. The van der Waals surface area contributed by atoms with Gasteiger partial charge in [0.15, 0.2) is 0 Å². The van der Waals surface area contributed by atoms with Crippen LogP contribution in [0.4, 0.5) is 0 Å². The van der Waals surface area contributed by atoms with E-state index in [4.69, 9.17) is 18.9 Å². The molecule has 2 aliphatic carbocycles. The van der Waals surface area contributed by atoms with Crippen molar-refractivity contribution in [2.24, 2.45) is 22.7 Å². The Bertz CT molecular complexity index is 2460. The third kappa shape index (κ3) is 9.47. The number of hydrogen-bond acceptors (Lipinski definition) is 10. The Balaban J connectivity index is 0.913. The highest BCUT2D eigenvalue weighted by atomic mass is 16.5. The van der Waals surface area contributed by atoms with E-state index < -0.39 is 0 Å². The molecule has 4 unspecified atom stereocenters. The highest BCUT2D eigenvalue weighted by Gasteiger charge is 2.46. The first-order valence-corrected chi connectivity index (χ1v) is 22.3. The van der Waals surface area contributed by atoms with Gasteiger partial charge in [0.1, 0.15) is 42.0 Å². The summed E-state index contributed by atoms with van der Waals surface area (Å²) in [6, 6.07) is 39.2. The lowest BCUT2D eigenvalue weighted by Crippen LogP contribution is -2.41. The van der Waals surface area contributed by atoms with Crippen molar-refractivity contribution in [1.29, 1.82) is 0 Å². The smallest absolute Gasteiger partial charge is 0.226 e. The Hall–Kier alpha value is -6.68. The van der Waals surface area contributed by atoms with Crippen LogP contribution in [-0.4, -0.2) is 29.9 Å². The maximum atomic E-state index is 6.33. The second kappa shape index (κ2) is 17.5. The van der Waals surface area contributed by atoms with Crippen molar-refractivity contribution in [2.45, 2.75) is 90.9 Å². The predicted molar refractivity (Wildman–Crippen MR) is 247 cm³/mol. The van der Waals surface area contributed by atoms with Crippen LogP contribution in [0.2, 0.25) is 0 Å². The molecule has 9 rings (SSSR count). The molecule has 2 fully saturated rings. The van der Waals surface area contributed by atoms with Gasteiger partial charge in [0, 0.05) is 35.4 Å². The molecule has 0 saturated heterocycles. The topological polar surface area (TPSA) is 114 Å². The van der Waals surface area contributed by atoms with Crippen LogP contribution in [-0.2, 0) is 10.8 Å². The molecule has 10 nitrogen and oxygen atoms in total. The van der Waals surface area contributed by atoms with E-state index in [0.29, 0.717) is 46.9 Å². The minimum Gasteiger partial charge on any atom is -0.439 e. The van der Waals surface area contributed by atoms with Gasteiger partial charge in [0.2, 0.25) is 23.5 Å². The molecule has 0 aliphatic heterocycles. The van der Waals surface area contributed by atoms with Crippen molar-refractivity contribution in [2.75, 3.05) is 0 Å². The molecule has 2 saturated carbocycles. The molecule has 10 heteroatoms. The summed E-state index contributed by atoms with van der Waals surface area (Å²) in [4.78, 5) is 25.3. The SMILES string of the molecule is CC1CC(C)(C)CC(c2ccc(Oc3ccncn3)cc2)(c2ccc(Oc3cc(Oc4ccc(C5(c6ccc(Oc7ccncn7)cc6)CC(C)CC(C)(C)C5)cc4)ncn3)cc2)C1. The van der Waals surface area contributed by atoms with E-state index in [2.05, 4.69) is 120 Å². The Morgan fingerprint density at radius 3 is 1.00 bits per heavy atom. The fourth-order valence-electron chi connectivity index (χ4n) is 11.3. The zero-order valence-corrected chi connectivity index (χ0v) is 37.6. The first-order chi connectivity index (χ1) is 30.8. The lowest BCUT2D eigenvalue weighted by molar-refractivity contribution is 0.126. The molecular weight excluding hydrogens is 797 g/mol. The van der Waals surface area contributed by atoms with Crippen molar-refractivity contribution in [3.63, 3.8) is 0 Å². The number of nitrogens with zero attached hydrogens (tertiary/aromatic N) is 6. The van der Waals surface area contributed by atoms with Crippen molar-refractivity contribution in [3.8, 4) is 46.5 Å². The lowest BCUT2D eigenvalue weighted by atomic mass is 9.55. The highest BCUT2D eigenvalue weighted by Crippen LogP contribution is 2.55. The second-order valence-corrected chi connectivity index (χ2v) is 19.7. The van der Waals surface area contributed by atoms with Crippen LogP contribution in [0, 0.1) is 22.7 Å². The number of benzene rings is 4. The van der Waals surface area contributed by atoms with E-state index in [1.54, 1.807) is 30.6 Å². The van der Waals surface area contributed by atoms with E-state index in [-0.39, 0.29) is 21.7 Å².